The van der Waals surface area contributed by atoms with E-state index in [2.05, 4.69) is 34.1 Å². The maximum Gasteiger partial charge on any atom is 0.356 e. The molecule has 0 aliphatic carbocycles. The van der Waals surface area contributed by atoms with Crippen molar-refractivity contribution >= 4 is 23.9 Å². The zero-order valence-electron chi connectivity index (χ0n) is 14.4. The molecule has 27 heavy (non-hydrogen) atoms. The first-order chi connectivity index (χ1) is 12.8. The van der Waals surface area contributed by atoms with Gasteiger partial charge in [0.1, 0.15) is 12.7 Å². The summed E-state index contributed by atoms with van der Waals surface area (Å²) in [6, 6.07) is 2.26. The highest BCUT2D eigenvalue weighted by Crippen LogP contribution is 2.01. The zero-order valence-corrected chi connectivity index (χ0v) is 14.4. The van der Waals surface area contributed by atoms with Gasteiger partial charge in [-0.2, -0.15) is 0 Å². The van der Waals surface area contributed by atoms with Crippen LogP contribution in [0.4, 0.5) is 0 Å². The topological polar surface area (TPSA) is 168 Å². The van der Waals surface area contributed by atoms with E-state index >= 15 is 0 Å². The van der Waals surface area contributed by atoms with Crippen molar-refractivity contribution in [2.75, 3.05) is 21.3 Å². The number of carboxylic acids is 1. The Morgan fingerprint density at radius 3 is 1.26 bits per heavy atom. The summed E-state index contributed by atoms with van der Waals surface area (Å²) in [5.41, 5.74) is -0.281. The Balaban J connectivity index is 0.000000271. The number of nitrogens with zero attached hydrogens (tertiary/aromatic N) is 4. The predicted molar refractivity (Wildman–Crippen MR) is 85.0 cm³/mol. The Labute approximate surface area is 152 Å². The number of carbonyl (C=O) groups is 4. The van der Waals surface area contributed by atoms with Crippen LogP contribution in [0.3, 0.4) is 0 Å². The van der Waals surface area contributed by atoms with E-state index in [1.807, 2.05) is 0 Å². The van der Waals surface area contributed by atoms with Crippen LogP contribution in [0.2, 0.25) is 0 Å². The van der Waals surface area contributed by atoms with Crippen molar-refractivity contribution in [3.05, 3.63) is 47.6 Å². The standard InChI is InChI=1S/C8H8N2O4.C7H6N2O4/c1-13-7(11)5-3-6(8(12)14-2)10-4-9-5;1-13-7(12)5-2-4(6(10)11)8-3-9-5/h3-4H,1-2H3;2-3H,1H3,(H,10,11). The number of methoxy groups -OCH3 is 3. The van der Waals surface area contributed by atoms with E-state index in [9.17, 15) is 19.2 Å². The van der Waals surface area contributed by atoms with Crippen molar-refractivity contribution in [2.45, 2.75) is 0 Å². The van der Waals surface area contributed by atoms with Crippen LogP contribution in [0.5, 0.6) is 0 Å². The summed E-state index contributed by atoms with van der Waals surface area (Å²) in [4.78, 5) is 57.6. The normalized spacial score (nSPS) is 9.30. The van der Waals surface area contributed by atoms with Crippen LogP contribution in [0.15, 0.2) is 24.8 Å². The van der Waals surface area contributed by atoms with E-state index in [0.29, 0.717) is 0 Å². The van der Waals surface area contributed by atoms with Gasteiger partial charge in [0.2, 0.25) is 0 Å². The lowest BCUT2D eigenvalue weighted by Gasteiger charge is -2.00. The first kappa shape index (κ1) is 21.1. The molecule has 0 aliphatic heterocycles. The molecular formula is C15H14N4O8. The molecule has 12 nitrogen and oxygen atoms in total. The van der Waals surface area contributed by atoms with Gasteiger partial charge in [0.25, 0.3) is 0 Å². The van der Waals surface area contributed by atoms with Gasteiger partial charge in [0.05, 0.1) is 21.3 Å². The third-order valence-electron chi connectivity index (χ3n) is 2.74. The zero-order chi connectivity index (χ0) is 20.4. The van der Waals surface area contributed by atoms with Gasteiger partial charge in [0, 0.05) is 12.1 Å². The van der Waals surface area contributed by atoms with E-state index in [1.54, 1.807) is 0 Å². The van der Waals surface area contributed by atoms with Crippen LogP contribution < -0.4 is 0 Å². The minimum atomic E-state index is -1.22. The molecule has 12 heteroatoms. The lowest BCUT2D eigenvalue weighted by atomic mass is 10.3. The molecule has 1 N–H and O–H groups in total. The second-order valence-corrected chi connectivity index (χ2v) is 4.36. The summed E-state index contributed by atoms with van der Waals surface area (Å²) < 4.78 is 13.2. The Kier molecular flexibility index (Phi) is 7.91. The lowest BCUT2D eigenvalue weighted by molar-refractivity contribution is 0.0578. The van der Waals surface area contributed by atoms with Gasteiger partial charge in [0.15, 0.2) is 22.8 Å². The minimum absolute atomic E-state index is 0.0166. The quantitative estimate of drug-likeness (QED) is 0.559. The summed E-state index contributed by atoms with van der Waals surface area (Å²) in [6.45, 7) is 0. The molecule has 2 aromatic rings. The number of aromatic carboxylic acids is 1. The highest BCUT2D eigenvalue weighted by atomic mass is 16.5. The monoisotopic (exact) mass is 378 g/mol. The molecule has 0 aliphatic rings. The molecule has 0 unspecified atom stereocenters. The molecule has 0 radical (unpaired) electrons. The average Bonchev–Trinajstić information content (AvgIpc) is 2.72. The molecule has 2 heterocycles. The van der Waals surface area contributed by atoms with Crippen LogP contribution in [-0.2, 0) is 14.2 Å². The minimum Gasteiger partial charge on any atom is -0.477 e. The maximum absolute atomic E-state index is 11.0. The molecule has 2 rings (SSSR count). The summed E-state index contributed by atoms with van der Waals surface area (Å²) in [7, 11) is 3.63. The molecule has 142 valence electrons. The smallest absolute Gasteiger partial charge is 0.356 e. The molecule has 2 aromatic heterocycles. The summed E-state index contributed by atoms with van der Waals surface area (Å²) in [6.07, 6.45) is 2.09. The molecule has 0 atom stereocenters. The molecule has 0 spiro atoms. The van der Waals surface area contributed by atoms with Crippen LogP contribution in [0, 0.1) is 0 Å². The van der Waals surface area contributed by atoms with Crippen molar-refractivity contribution in [2.24, 2.45) is 0 Å². The molecule has 0 aromatic carbocycles. The first-order valence-corrected chi connectivity index (χ1v) is 6.96. The fraction of sp³-hybridized carbons (Fsp3) is 0.200. The van der Waals surface area contributed by atoms with Crippen LogP contribution in [0.1, 0.15) is 42.0 Å². The number of esters is 3. The van der Waals surface area contributed by atoms with Gasteiger partial charge in [-0.15, -0.1) is 0 Å². The number of rotatable bonds is 4. The highest BCUT2D eigenvalue weighted by Gasteiger charge is 2.13. The van der Waals surface area contributed by atoms with Crippen LogP contribution >= 0.6 is 0 Å². The van der Waals surface area contributed by atoms with E-state index in [1.165, 1.54) is 27.4 Å². The third kappa shape index (κ3) is 6.12. The van der Waals surface area contributed by atoms with E-state index in [0.717, 1.165) is 18.7 Å². The SMILES string of the molecule is COC(=O)c1cc(C(=O)O)ncn1.COC(=O)c1cc(C(=O)OC)ncn1. The van der Waals surface area contributed by atoms with Gasteiger partial charge in [-0.1, -0.05) is 0 Å². The Morgan fingerprint density at radius 1 is 0.667 bits per heavy atom. The van der Waals surface area contributed by atoms with E-state index in [-0.39, 0.29) is 22.8 Å². The van der Waals surface area contributed by atoms with Gasteiger partial charge >= 0.3 is 23.9 Å². The third-order valence-corrected chi connectivity index (χ3v) is 2.74. The molecular weight excluding hydrogens is 364 g/mol. The first-order valence-electron chi connectivity index (χ1n) is 6.96. The van der Waals surface area contributed by atoms with Crippen LogP contribution in [0.25, 0.3) is 0 Å². The van der Waals surface area contributed by atoms with Crippen molar-refractivity contribution in [3.63, 3.8) is 0 Å². The number of aromatic nitrogens is 4. The molecule has 0 bridgehead atoms. The molecule has 0 fully saturated rings. The largest absolute Gasteiger partial charge is 0.477 e. The Morgan fingerprint density at radius 2 is 0.963 bits per heavy atom. The Bertz CT molecular complexity index is 824. The van der Waals surface area contributed by atoms with Crippen molar-refractivity contribution < 1.29 is 38.5 Å². The Hall–Kier alpha value is -3.96. The molecule has 0 saturated carbocycles. The van der Waals surface area contributed by atoms with Crippen molar-refractivity contribution in [1.82, 2.24) is 19.9 Å². The number of ether oxygens (including phenoxy) is 3. The summed E-state index contributed by atoms with van der Waals surface area (Å²) in [5, 5.41) is 8.52. The fourth-order valence-electron chi connectivity index (χ4n) is 1.48. The predicted octanol–water partition coefficient (Wildman–Crippen LogP) is 0.0112. The number of hydrogen-bond donors (Lipinski definition) is 1. The second kappa shape index (κ2) is 10.1. The second-order valence-electron chi connectivity index (χ2n) is 4.36. The van der Waals surface area contributed by atoms with Crippen molar-refractivity contribution in [1.29, 1.82) is 0 Å². The average molecular weight is 378 g/mol. The number of carbonyl (C=O) groups excluding carboxylic acids is 3. The number of carboxylic acid groups (broad SMARTS) is 1. The van der Waals surface area contributed by atoms with E-state index < -0.39 is 23.9 Å². The molecule has 0 saturated heterocycles. The van der Waals surface area contributed by atoms with Crippen molar-refractivity contribution in [3.8, 4) is 0 Å². The molecule has 0 amide bonds. The summed E-state index contributed by atoms with van der Waals surface area (Å²) in [5.74, 6) is -3.16. The highest BCUT2D eigenvalue weighted by molar-refractivity contribution is 5.92. The van der Waals surface area contributed by atoms with Gasteiger partial charge < -0.3 is 19.3 Å². The summed E-state index contributed by atoms with van der Waals surface area (Å²) >= 11 is 0. The van der Waals surface area contributed by atoms with Gasteiger partial charge in [-0.3, -0.25) is 0 Å². The van der Waals surface area contributed by atoms with Gasteiger partial charge in [-0.25, -0.2) is 39.1 Å². The number of hydrogen-bond acceptors (Lipinski definition) is 11. The maximum atomic E-state index is 11.0. The van der Waals surface area contributed by atoms with Crippen LogP contribution in [-0.4, -0.2) is 70.2 Å². The lowest BCUT2D eigenvalue weighted by Crippen LogP contribution is -2.10. The van der Waals surface area contributed by atoms with Gasteiger partial charge in [-0.05, 0) is 0 Å². The fourth-order valence-corrected chi connectivity index (χ4v) is 1.48. The van der Waals surface area contributed by atoms with E-state index in [4.69, 9.17) is 5.11 Å².